The summed E-state index contributed by atoms with van der Waals surface area (Å²) in [5.41, 5.74) is -0.633. The molecule has 9 heteroatoms. The summed E-state index contributed by atoms with van der Waals surface area (Å²) in [5.74, 6) is 0. The van der Waals surface area contributed by atoms with Crippen molar-refractivity contribution < 1.29 is 19.2 Å². The van der Waals surface area contributed by atoms with Crippen molar-refractivity contribution in [3.63, 3.8) is 0 Å². The summed E-state index contributed by atoms with van der Waals surface area (Å²) in [6.45, 7) is 5.42. The van der Waals surface area contributed by atoms with E-state index in [2.05, 4.69) is 4.98 Å². The molecule has 0 bridgehead atoms. The second-order valence-electron chi connectivity index (χ2n) is 6.76. The number of nitro groups is 1. The molecule has 24 heavy (non-hydrogen) atoms. The molecule has 132 valence electrons. The third-order valence-electron chi connectivity index (χ3n) is 4.08. The smallest absolute Gasteiger partial charge is 0.408 e. The monoisotopic (exact) mass is 340 g/mol. The van der Waals surface area contributed by atoms with E-state index in [9.17, 15) is 24.4 Å². The Balaban J connectivity index is 2.35. The first-order valence-electron chi connectivity index (χ1n) is 7.62. The summed E-state index contributed by atoms with van der Waals surface area (Å²) in [6, 6.07) is 0.597. The van der Waals surface area contributed by atoms with E-state index in [1.54, 1.807) is 25.7 Å². The Morgan fingerprint density at radius 2 is 2.21 bits per heavy atom. The highest BCUT2D eigenvalue weighted by Gasteiger charge is 2.42. The largest absolute Gasteiger partial charge is 0.465 e. The highest BCUT2D eigenvalue weighted by Crippen LogP contribution is 2.32. The van der Waals surface area contributed by atoms with Crippen LogP contribution in [0.5, 0.6) is 0 Å². The highest BCUT2D eigenvalue weighted by atomic mass is 19.1. The number of carboxylic acid groups (broad SMARTS) is 1. The lowest BCUT2D eigenvalue weighted by Crippen LogP contribution is -2.61. The fraction of sp³-hybridized carbons (Fsp3) is 0.600. The summed E-state index contributed by atoms with van der Waals surface area (Å²) >= 11 is 0. The number of hydrogen-bond donors (Lipinski definition) is 1. The van der Waals surface area contributed by atoms with E-state index in [-0.39, 0.29) is 25.2 Å². The van der Waals surface area contributed by atoms with E-state index < -0.39 is 28.8 Å². The van der Waals surface area contributed by atoms with Gasteiger partial charge >= 0.3 is 11.8 Å². The highest BCUT2D eigenvalue weighted by molar-refractivity contribution is 5.67. The molecule has 1 fully saturated rings. The fourth-order valence-corrected chi connectivity index (χ4v) is 3.08. The van der Waals surface area contributed by atoms with Gasteiger partial charge in [-0.2, -0.15) is 0 Å². The van der Waals surface area contributed by atoms with Crippen molar-refractivity contribution in [3.05, 3.63) is 28.6 Å². The number of rotatable bonds is 3. The number of pyridine rings is 1. The Bertz CT molecular complexity index is 634. The molecule has 8 nitrogen and oxygen atoms in total. The van der Waals surface area contributed by atoms with E-state index >= 15 is 0 Å². The summed E-state index contributed by atoms with van der Waals surface area (Å²) in [7, 11) is 0. The lowest BCUT2D eigenvalue weighted by Gasteiger charge is -2.45. The minimum Gasteiger partial charge on any atom is -0.465 e. The van der Waals surface area contributed by atoms with Gasteiger partial charge in [0.15, 0.2) is 0 Å². The molecular formula is C15H21FN4O4. The summed E-state index contributed by atoms with van der Waals surface area (Å²) in [5, 5.41) is 20.7. The summed E-state index contributed by atoms with van der Waals surface area (Å²) < 4.78 is 14.5. The quantitative estimate of drug-likeness (QED) is 0.671. The molecule has 0 radical (unpaired) electrons. The maximum atomic E-state index is 14.5. The molecule has 1 aromatic rings. The number of nitrogens with zero attached hydrogens (tertiary/aromatic N) is 4. The molecule has 0 saturated carbocycles. The number of halogens is 1. The van der Waals surface area contributed by atoms with Crippen molar-refractivity contribution in [3.8, 4) is 0 Å². The number of piperidine rings is 1. The SMILES string of the molecule is CC(C)(C)N(C(=O)O)[C@@H]1CN(c2ccncc2[N+](=O)[O-])CC[C@H]1F. The van der Waals surface area contributed by atoms with Crippen LogP contribution in [-0.4, -0.2) is 56.8 Å². The van der Waals surface area contributed by atoms with Crippen molar-refractivity contribution >= 4 is 17.5 Å². The van der Waals surface area contributed by atoms with Gasteiger partial charge in [-0.15, -0.1) is 0 Å². The normalized spacial score (nSPS) is 21.4. The average molecular weight is 340 g/mol. The summed E-state index contributed by atoms with van der Waals surface area (Å²) in [4.78, 5) is 28.8. The van der Waals surface area contributed by atoms with Crippen LogP contribution >= 0.6 is 0 Å². The van der Waals surface area contributed by atoms with Gasteiger partial charge in [-0.05, 0) is 33.3 Å². The Morgan fingerprint density at radius 1 is 1.54 bits per heavy atom. The minimum absolute atomic E-state index is 0.0512. The first-order valence-corrected chi connectivity index (χ1v) is 7.62. The van der Waals surface area contributed by atoms with Gasteiger partial charge in [0.1, 0.15) is 18.1 Å². The molecule has 1 saturated heterocycles. The third-order valence-corrected chi connectivity index (χ3v) is 4.08. The Morgan fingerprint density at radius 3 is 2.75 bits per heavy atom. The molecule has 0 spiro atoms. The predicted molar refractivity (Wildman–Crippen MR) is 86.0 cm³/mol. The lowest BCUT2D eigenvalue weighted by atomic mass is 9.96. The molecule has 0 unspecified atom stereocenters. The third kappa shape index (κ3) is 3.55. The van der Waals surface area contributed by atoms with Gasteiger partial charge in [0.25, 0.3) is 0 Å². The maximum Gasteiger partial charge on any atom is 0.408 e. The molecule has 1 amide bonds. The van der Waals surface area contributed by atoms with E-state index in [4.69, 9.17) is 0 Å². The number of alkyl halides is 1. The van der Waals surface area contributed by atoms with Crippen LogP contribution in [-0.2, 0) is 0 Å². The average Bonchev–Trinajstić information content (AvgIpc) is 2.47. The first-order chi connectivity index (χ1) is 11.1. The van der Waals surface area contributed by atoms with E-state index in [1.807, 2.05) is 0 Å². The standard InChI is InChI=1S/C15H21FN4O4/c1-15(2,3)19(14(21)22)13-9-18(7-5-10(13)16)11-4-6-17-8-12(11)20(23)24/h4,6,8,10,13H,5,7,9H2,1-3H3,(H,21,22)/t10-,13-/m1/s1. The van der Waals surface area contributed by atoms with Gasteiger partial charge in [0.05, 0.1) is 11.0 Å². The second kappa shape index (κ2) is 6.58. The van der Waals surface area contributed by atoms with Crippen LogP contribution in [0.25, 0.3) is 0 Å². The number of hydrogen-bond acceptors (Lipinski definition) is 5. The summed E-state index contributed by atoms with van der Waals surface area (Å²) in [6.07, 6.45) is 0.144. The molecule has 1 aromatic heterocycles. The topological polar surface area (TPSA) is 99.8 Å². The van der Waals surface area contributed by atoms with Gasteiger partial charge in [-0.3, -0.25) is 20.0 Å². The Hall–Kier alpha value is -2.45. The zero-order valence-corrected chi connectivity index (χ0v) is 13.8. The Kier molecular flexibility index (Phi) is 4.91. The van der Waals surface area contributed by atoms with E-state index in [0.717, 1.165) is 11.1 Å². The van der Waals surface area contributed by atoms with E-state index in [0.29, 0.717) is 5.69 Å². The lowest BCUT2D eigenvalue weighted by molar-refractivity contribution is -0.384. The second-order valence-corrected chi connectivity index (χ2v) is 6.76. The van der Waals surface area contributed by atoms with Gasteiger partial charge in [-0.25, -0.2) is 9.18 Å². The van der Waals surface area contributed by atoms with Crippen molar-refractivity contribution in [1.29, 1.82) is 0 Å². The van der Waals surface area contributed by atoms with Gasteiger partial charge < -0.3 is 10.0 Å². The van der Waals surface area contributed by atoms with Crippen molar-refractivity contribution in [1.82, 2.24) is 9.88 Å². The predicted octanol–water partition coefficient (Wildman–Crippen LogP) is 2.69. The van der Waals surface area contributed by atoms with Crippen LogP contribution in [0.1, 0.15) is 27.2 Å². The molecule has 1 aliphatic heterocycles. The molecular weight excluding hydrogens is 319 g/mol. The first kappa shape index (κ1) is 17.9. The van der Waals surface area contributed by atoms with Crippen molar-refractivity contribution in [2.45, 2.75) is 44.9 Å². The number of anilines is 1. The van der Waals surface area contributed by atoms with Gasteiger partial charge in [0, 0.05) is 24.8 Å². The molecule has 2 heterocycles. The molecule has 2 atom stereocenters. The van der Waals surface area contributed by atoms with Crippen LogP contribution in [0, 0.1) is 10.1 Å². The van der Waals surface area contributed by atoms with Crippen LogP contribution in [0.4, 0.5) is 20.6 Å². The molecule has 0 aliphatic carbocycles. The van der Waals surface area contributed by atoms with Crippen LogP contribution in [0.15, 0.2) is 18.5 Å². The van der Waals surface area contributed by atoms with Crippen molar-refractivity contribution in [2.75, 3.05) is 18.0 Å². The molecule has 2 rings (SSSR count). The maximum absolute atomic E-state index is 14.5. The molecule has 0 aromatic carbocycles. The van der Waals surface area contributed by atoms with Crippen LogP contribution in [0.3, 0.4) is 0 Å². The van der Waals surface area contributed by atoms with E-state index in [1.165, 1.54) is 12.3 Å². The van der Waals surface area contributed by atoms with Crippen LogP contribution < -0.4 is 4.90 Å². The Labute approximate surface area is 139 Å². The number of amides is 1. The number of carbonyl (C=O) groups is 1. The van der Waals surface area contributed by atoms with Crippen molar-refractivity contribution in [2.24, 2.45) is 0 Å². The molecule has 1 aliphatic rings. The van der Waals surface area contributed by atoms with Gasteiger partial charge in [0.2, 0.25) is 0 Å². The van der Waals surface area contributed by atoms with Gasteiger partial charge in [-0.1, -0.05) is 0 Å². The fourth-order valence-electron chi connectivity index (χ4n) is 3.08. The molecule has 1 N–H and O–H groups in total. The minimum atomic E-state index is -1.32. The number of aromatic nitrogens is 1. The van der Waals surface area contributed by atoms with Crippen LogP contribution in [0.2, 0.25) is 0 Å². The zero-order chi connectivity index (χ0) is 18.1. The zero-order valence-electron chi connectivity index (χ0n) is 13.8.